The summed E-state index contributed by atoms with van der Waals surface area (Å²) in [5, 5.41) is 23.0. The van der Waals surface area contributed by atoms with E-state index < -0.39 is 16.4 Å². The Labute approximate surface area is 113 Å². The molecule has 1 saturated heterocycles. The van der Waals surface area contributed by atoms with Gasteiger partial charge >= 0.3 is 5.69 Å². The summed E-state index contributed by atoms with van der Waals surface area (Å²) in [7, 11) is 1.53. The van der Waals surface area contributed by atoms with Crippen molar-refractivity contribution in [2.24, 2.45) is 0 Å². The number of nitrogens with one attached hydrogen (secondary N) is 1. The van der Waals surface area contributed by atoms with E-state index >= 15 is 0 Å². The summed E-state index contributed by atoms with van der Waals surface area (Å²) in [6.07, 6.45) is 1.44. The van der Waals surface area contributed by atoms with Crippen LogP contribution in [0.2, 0.25) is 0 Å². The zero-order valence-corrected chi connectivity index (χ0v) is 10.6. The summed E-state index contributed by atoms with van der Waals surface area (Å²) >= 11 is 4.91. The molecule has 19 heavy (non-hydrogen) atoms. The van der Waals surface area contributed by atoms with Crippen LogP contribution in [-0.2, 0) is 4.79 Å². The fourth-order valence-corrected chi connectivity index (χ4v) is 1.76. The predicted molar refractivity (Wildman–Crippen MR) is 71.2 cm³/mol. The van der Waals surface area contributed by atoms with Gasteiger partial charge in [-0.3, -0.25) is 19.8 Å². The second-order valence-corrected chi connectivity index (χ2v) is 4.24. The van der Waals surface area contributed by atoms with Gasteiger partial charge in [0, 0.05) is 13.1 Å². The maximum Gasteiger partial charge on any atom is 0.311 e. The molecule has 1 amide bonds. The molecule has 1 aromatic rings. The zero-order chi connectivity index (χ0) is 14.2. The first-order valence-electron chi connectivity index (χ1n) is 5.18. The summed E-state index contributed by atoms with van der Waals surface area (Å²) in [4.78, 5) is 23.0. The van der Waals surface area contributed by atoms with E-state index in [0.29, 0.717) is 5.56 Å². The minimum Gasteiger partial charge on any atom is -0.502 e. The molecule has 2 N–H and O–H groups in total. The predicted octanol–water partition coefficient (Wildman–Crippen LogP) is 0.988. The fourth-order valence-electron chi connectivity index (χ4n) is 1.57. The number of thiocarbonyl (C=S) groups is 1. The van der Waals surface area contributed by atoms with Gasteiger partial charge in [0.1, 0.15) is 5.70 Å². The molecule has 0 aliphatic carbocycles. The van der Waals surface area contributed by atoms with Crippen molar-refractivity contribution >= 4 is 35.0 Å². The number of carbonyl (C=O) groups is 1. The largest absolute Gasteiger partial charge is 0.502 e. The van der Waals surface area contributed by atoms with Crippen molar-refractivity contribution in [3.8, 4) is 5.75 Å². The van der Waals surface area contributed by atoms with Crippen LogP contribution in [0.15, 0.2) is 23.9 Å². The lowest BCUT2D eigenvalue weighted by Crippen LogP contribution is -2.25. The number of phenolic OH excluding ortho intramolecular Hbond substituents is 1. The van der Waals surface area contributed by atoms with Crippen molar-refractivity contribution in [3.63, 3.8) is 0 Å². The second-order valence-electron chi connectivity index (χ2n) is 3.86. The van der Waals surface area contributed by atoms with Gasteiger partial charge in [-0.05, 0) is 29.9 Å². The third kappa shape index (κ3) is 2.38. The van der Waals surface area contributed by atoms with Crippen LogP contribution in [-0.4, -0.2) is 33.0 Å². The number of hydrogen-bond acceptors (Lipinski definition) is 5. The second kappa shape index (κ2) is 4.65. The van der Waals surface area contributed by atoms with Crippen LogP contribution in [0, 0.1) is 10.1 Å². The maximum absolute atomic E-state index is 11.7. The Morgan fingerprint density at radius 1 is 1.53 bits per heavy atom. The molecule has 0 aromatic heterocycles. The number of nitrogens with zero attached hydrogens (tertiary/aromatic N) is 2. The topological polar surface area (TPSA) is 95.7 Å². The van der Waals surface area contributed by atoms with E-state index in [9.17, 15) is 20.0 Å². The third-order valence-corrected chi connectivity index (χ3v) is 2.96. The highest BCUT2D eigenvalue weighted by Crippen LogP contribution is 2.27. The summed E-state index contributed by atoms with van der Waals surface area (Å²) in [5.74, 6) is -0.744. The van der Waals surface area contributed by atoms with Gasteiger partial charge in [0.05, 0.1) is 4.92 Å². The highest BCUT2D eigenvalue weighted by Gasteiger charge is 2.27. The van der Waals surface area contributed by atoms with Gasteiger partial charge in [0.2, 0.25) is 0 Å². The molecule has 7 nitrogen and oxygen atoms in total. The van der Waals surface area contributed by atoms with Crippen LogP contribution >= 0.6 is 12.2 Å². The monoisotopic (exact) mass is 279 g/mol. The van der Waals surface area contributed by atoms with E-state index in [1.54, 1.807) is 0 Å². The number of amides is 1. The Bertz CT molecular complexity index is 626. The normalized spacial score (nSPS) is 16.9. The first kappa shape index (κ1) is 13.0. The molecule has 1 aliphatic heterocycles. The number of aromatic hydroxyl groups is 1. The summed E-state index contributed by atoms with van der Waals surface area (Å²) in [6.45, 7) is 0. The number of nitro benzene ring substituents is 1. The molecule has 0 atom stereocenters. The van der Waals surface area contributed by atoms with Crippen LogP contribution in [0.25, 0.3) is 6.08 Å². The molecule has 0 saturated carbocycles. The van der Waals surface area contributed by atoms with Gasteiger partial charge in [-0.2, -0.15) is 0 Å². The van der Waals surface area contributed by atoms with Crippen LogP contribution < -0.4 is 5.32 Å². The summed E-state index contributed by atoms with van der Waals surface area (Å²) in [6, 6.07) is 3.84. The van der Waals surface area contributed by atoms with Gasteiger partial charge in [-0.15, -0.1) is 0 Å². The zero-order valence-electron chi connectivity index (χ0n) is 9.78. The van der Waals surface area contributed by atoms with Crippen LogP contribution in [0.3, 0.4) is 0 Å². The van der Waals surface area contributed by atoms with Crippen LogP contribution in [0.4, 0.5) is 5.69 Å². The number of phenols is 1. The van der Waals surface area contributed by atoms with E-state index in [2.05, 4.69) is 5.32 Å². The minimum absolute atomic E-state index is 0.229. The molecule has 0 radical (unpaired) electrons. The number of carbonyl (C=O) groups excluding carboxylic acids is 1. The molecule has 2 rings (SSSR count). The van der Waals surface area contributed by atoms with E-state index in [1.807, 2.05) is 0 Å². The lowest BCUT2D eigenvalue weighted by atomic mass is 10.1. The average Bonchev–Trinajstić information content (AvgIpc) is 2.59. The number of likely N-dealkylation sites (N-methyl/N-ethyl adjacent to an activating group) is 1. The van der Waals surface area contributed by atoms with Crippen molar-refractivity contribution < 1.29 is 14.8 Å². The van der Waals surface area contributed by atoms with Crippen molar-refractivity contribution in [1.29, 1.82) is 0 Å². The molecule has 1 heterocycles. The van der Waals surface area contributed by atoms with Gasteiger partial charge in [0.25, 0.3) is 5.91 Å². The Morgan fingerprint density at radius 2 is 2.21 bits per heavy atom. The van der Waals surface area contributed by atoms with Crippen molar-refractivity contribution in [2.75, 3.05) is 7.05 Å². The van der Waals surface area contributed by atoms with E-state index in [4.69, 9.17) is 12.2 Å². The van der Waals surface area contributed by atoms with Crippen LogP contribution in [0.5, 0.6) is 5.75 Å². The van der Waals surface area contributed by atoms with Gasteiger partial charge in [-0.1, -0.05) is 6.07 Å². The first-order chi connectivity index (χ1) is 8.90. The van der Waals surface area contributed by atoms with Gasteiger partial charge in [0.15, 0.2) is 10.9 Å². The lowest BCUT2D eigenvalue weighted by molar-refractivity contribution is -0.385. The Morgan fingerprint density at radius 3 is 2.74 bits per heavy atom. The first-order valence-corrected chi connectivity index (χ1v) is 5.59. The molecular weight excluding hydrogens is 270 g/mol. The van der Waals surface area contributed by atoms with E-state index in [-0.39, 0.29) is 16.7 Å². The minimum atomic E-state index is -0.696. The third-order valence-electron chi connectivity index (χ3n) is 2.59. The highest BCUT2D eigenvalue weighted by atomic mass is 32.1. The summed E-state index contributed by atoms with van der Waals surface area (Å²) < 4.78 is 0. The van der Waals surface area contributed by atoms with Crippen LogP contribution in [0.1, 0.15) is 5.56 Å². The quantitative estimate of drug-likeness (QED) is 0.363. The Hall–Kier alpha value is -2.48. The summed E-state index contributed by atoms with van der Waals surface area (Å²) in [5.41, 5.74) is 0.224. The van der Waals surface area contributed by atoms with E-state index in [0.717, 1.165) is 0 Å². The highest BCUT2D eigenvalue weighted by molar-refractivity contribution is 7.80. The fraction of sp³-hybridized carbons (Fsp3) is 0.0909. The molecule has 1 aliphatic rings. The van der Waals surface area contributed by atoms with Gasteiger partial charge < -0.3 is 10.4 Å². The number of benzene rings is 1. The number of nitro groups is 1. The molecule has 0 unspecified atom stereocenters. The van der Waals surface area contributed by atoms with E-state index in [1.165, 1.54) is 36.2 Å². The van der Waals surface area contributed by atoms with Crippen molar-refractivity contribution in [2.45, 2.75) is 0 Å². The average molecular weight is 279 g/mol. The SMILES string of the molecule is CN1C(=O)C(=Cc2ccc(O)c([N+](=O)[O-])c2)NC1=S. The van der Waals surface area contributed by atoms with Gasteiger partial charge in [-0.25, -0.2) is 0 Å². The molecule has 1 aromatic carbocycles. The number of rotatable bonds is 2. The molecule has 1 fully saturated rings. The molecule has 98 valence electrons. The molecule has 0 spiro atoms. The molecule has 0 bridgehead atoms. The standard InChI is InChI=1S/C11H9N3O4S/c1-13-10(16)7(12-11(13)19)4-6-2-3-9(15)8(5-6)14(17)18/h2-5,15H,1H3,(H,12,19). The smallest absolute Gasteiger partial charge is 0.311 e. The maximum atomic E-state index is 11.7. The van der Waals surface area contributed by atoms with Crippen molar-refractivity contribution in [3.05, 3.63) is 39.6 Å². The lowest BCUT2D eigenvalue weighted by Gasteiger charge is -2.02. The number of hydrogen-bond donors (Lipinski definition) is 2. The Balaban J connectivity index is 2.39. The van der Waals surface area contributed by atoms with Crippen molar-refractivity contribution in [1.82, 2.24) is 10.2 Å². The molecule has 8 heteroatoms. The Kier molecular flexibility index (Phi) is 3.17. The molecular formula is C11H9N3O4S.